The van der Waals surface area contributed by atoms with Crippen molar-refractivity contribution in [3.8, 4) is 5.75 Å². The number of rotatable bonds is 10. The van der Waals surface area contributed by atoms with Crippen LogP contribution in [0.25, 0.3) is 11.0 Å². The second-order valence-electron chi connectivity index (χ2n) is 11.5. The average molecular weight is 712 g/mol. The zero-order valence-corrected chi connectivity index (χ0v) is 28.6. The van der Waals surface area contributed by atoms with E-state index in [2.05, 4.69) is 87.0 Å². The fourth-order valence-corrected chi connectivity index (χ4v) is 6.88. The lowest BCUT2D eigenvalue weighted by atomic mass is 9.99. The molecule has 2 aromatic heterocycles. The van der Waals surface area contributed by atoms with E-state index in [-0.39, 0.29) is 0 Å². The van der Waals surface area contributed by atoms with Gasteiger partial charge in [0, 0.05) is 75.7 Å². The SMILES string of the molecule is CCc1cc(Nc2ncc(Br)c(Nc3ccc4nccnc4c3NS(=O)O)n2)c(OC)cc1N1CCC(N2CCN(C)CC2)CC1. The minimum absolute atomic E-state index is 0.323. The van der Waals surface area contributed by atoms with Crippen molar-refractivity contribution < 1.29 is 13.5 Å². The lowest BCUT2D eigenvalue weighted by Gasteiger charge is -2.43. The minimum atomic E-state index is -2.33. The van der Waals surface area contributed by atoms with Crippen LogP contribution in [0.3, 0.4) is 0 Å². The average Bonchev–Trinajstić information content (AvgIpc) is 3.07. The third kappa shape index (κ3) is 7.18. The lowest BCUT2D eigenvalue weighted by molar-refractivity contribution is 0.0982. The van der Waals surface area contributed by atoms with E-state index < -0.39 is 11.3 Å². The van der Waals surface area contributed by atoms with Crippen LogP contribution in [0, 0.1) is 0 Å². The maximum atomic E-state index is 11.7. The molecule has 0 bridgehead atoms. The predicted octanol–water partition coefficient (Wildman–Crippen LogP) is 5.01. The van der Waals surface area contributed by atoms with Crippen LogP contribution >= 0.6 is 15.9 Å². The molecule has 2 fully saturated rings. The Morgan fingerprint density at radius 3 is 2.50 bits per heavy atom. The molecule has 0 amide bonds. The van der Waals surface area contributed by atoms with Crippen molar-refractivity contribution in [3.05, 3.63) is 52.9 Å². The van der Waals surface area contributed by atoms with Gasteiger partial charge in [-0.3, -0.25) is 24.1 Å². The van der Waals surface area contributed by atoms with Gasteiger partial charge in [-0.25, -0.2) is 9.19 Å². The smallest absolute Gasteiger partial charge is 0.259 e. The van der Waals surface area contributed by atoms with Gasteiger partial charge < -0.3 is 25.2 Å². The molecule has 0 saturated carbocycles. The Balaban J connectivity index is 1.21. The topological polar surface area (TPSA) is 144 Å². The van der Waals surface area contributed by atoms with Crippen LogP contribution in [0.2, 0.25) is 0 Å². The van der Waals surface area contributed by atoms with Gasteiger partial charge in [0.2, 0.25) is 5.95 Å². The number of likely N-dealkylation sites (N-methyl/N-ethyl adjacent to an activating group) is 1. The van der Waals surface area contributed by atoms with Crippen LogP contribution in [0.1, 0.15) is 25.3 Å². The minimum Gasteiger partial charge on any atom is -0.494 e. The van der Waals surface area contributed by atoms with Gasteiger partial charge in [-0.1, -0.05) is 6.92 Å². The van der Waals surface area contributed by atoms with Gasteiger partial charge in [-0.05, 0) is 66.0 Å². The molecule has 0 radical (unpaired) electrons. The van der Waals surface area contributed by atoms with Gasteiger partial charge in [0.15, 0.2) is 0 Å². The number of hydrogen-bond acceptors (Lipinski definition) is 11. The van der Waals surface area contributed by atoms with Gasteiger partial charge in [-0.15, -0.1) is 0 Å². The number of fused-ring (bicyclic) bond motifs is 1. The highest BCUT2D eigenvalue weighted by Gasteiger charge is 2.28. The molecule has 1 unspecified atom stereocenters. The molecule has 2 aromatic carbocycles. The van der Waals surface area contributed by atoms with Crippen molar-refractivity contribution >= 4 is 72.7 Å². The highest BCUT2D eigenvalue weighted by Crippen LogP contribution is 2.38. The Bertz CT molecular complexity index is 1710. The summed E-state index contributed by atoms with van der Waals surface area (Å²) in [4.78, 5) is 25.4. The fourth-order valence-electron chi connectivity index (χ4n) is 6.21. The highest BCUT2D eigenvalue weighted by atomic mass is 79.9. The summed E-state index contributed by atoms with van der Waals surface area (Å²) in [5, 5.41) is 6.59. The maximum Gasteiger partial charge on any atom is 0.259 e. The molecule has 244 valence electrons. The van der Waals surface area contributed by atoms with E-state index in [0.29, 0.717) is 50.4 Å². The van der Waals surface area contributed by atoms with Gasteiger partial charge in [0.1, 0.15) is 17.1 Å². The molecular formula is C31H39BrN10O3S. The van der Waals surface area contributed by atoms with Crippen molar-refractivity contribution in [3.63, 3.8) is 0 Å². The second kappa shape index (κ2) is 14.4. The first-order chi connectivity index (χ1) is 22.3. The predicted molar refractivity (Wildman–Crippen MR) is 187 cm³/mol. The molecule has 4 N–H and O–H groups in total. The van der Waals surface area contributed by atoms with E-state index in [0.717, 1.165) is 64.2 Å². The zero-order valence-electron chi connectivity index (χ0n) is 26.2. The number of halogens is 1. The molecule has 2 saturated heterocycles. The lowest BCUT2D eigenvalue weighted by Crippen LogP contribution is -2.52. The van der Waals surface area contributed by atoms with Crippen LogP contribution in [0.4, 0.5) is 34.5 Å². The van der Waals surface area contributed by atoms with Gasteiger partial charge >= 0.3 is 0 Å². The summed E-state index contributed by atoms with van der Waals surface area (Å²) in [7, 11) is 3.88. The molecule has 1 atom stereocenters. The summed E-state index contributed by atoms with van der Waals surface area (Å²) >= 11 is 1.20. The Kier molecular flexibility index (Phi) is 10.1. The highest BCUT2D eigenvalue weighted by molar-refractivity contribution is 9.10. The first-order valence-electron chi connectivity index (χ1n) is 15.4. The molecular weight excluding hydrogens is 672 g/mol. The van der Waals surface area contributed by atoms with E-state index in [1.54, 1.807) is 31.6 Å². The summed E-state index contributed by atoms with van der Waals surface area (Å²) in [6.07, 6.45) is 7.92. The van der Waals surface area contributed by atoms with Crippen LogP contribution in [-0.2, 0) is 17.7 Å². The van der Waals surface area contributed by atoms with Crippen molar-refractivity contribution in [1.82, 2.24) is 29.7 Å². The Morgan fingerprint density at radius 1 is 1.02 bits per heavy atom. The van der Waals surface area contributed by atoms with Crippen LogP contribution in [0.15, 0.2) is 47.3 Å². The largest absolute Gasteiger partial charge is 0.494 e. The molecule has 0 aliphatic carbocycles. The quantitative estimate of drug-likeness (QED) is 0.164. The molecule has 6 rings (SSSR count). The van der Waals surface area contributed by atoms with Crippen LogP contribution < -0.4 is 25.0 Å². The molecule has 2 aliphatic heterocycles. The number of nitrogens with zero attached hydrogens (tertiary/aromatic N) is 7. The van der Waals surface area contributed by atoms with E-state index in [1.165, 1.54) is 17.4 Å². The van der Waals surface area contributed by atoms with Crippen molar-refractivity contribution in [2.45, 2.75) is 32.2 Å². The first-order valence-corrected chi connectivity index (χ1v) is 17.3. The Labute approximate surface area is 279 Å². The number of nitrogens with one attached hydrogen (secondary N) is 3. The van der Waals surface area contributed by atoms with Gasteiger partial charge in [-0.2, -0.15) is 4.98 Å². The zero-order chi connectivity index (χ0) is 32.2. The summed E-state index contributed by atoms with van der Waals surface area (Å²) in [5.41, 5.74) is 5.04. The third-order valence-corrected chi connectivity index (χ3v) is 9.67. The summed E-state index contributed by atoms with van der Waals surface area (Å²) in [6.45, 7) is 8.82. The van der Waals surface area contributed by atoms with E-state index >= 15 is 0 Å². The van der Waals surface area contributed by atoms with Crippen molar-refractivity contribution in [2.75, 3.05) is 73.7 Å². The number of anilines is 6. The normalized spacial score (nSPS) is 17.2. The molecule has 2 aliphatic rings. The summed E-state index contributed by atoms with van der Waals surface area (Å²) in [5.74, 6) is 1.51. The first kappa shape index (κ1) is 32.3. The summed E-state index contributed by atoms with van der Waals surface area (Å²) < 4.78 is 30.4. The number of aromatic nitrogens is 4. The van der Waals surface area contributed by atoms with E-state index in [9.17, 15) is 8.76 Å². The Hall–Kier alpha value is -3.63. The molecule has 4 heterocycles. The van der Waals surface area contributed by atoms with Gasteiger partial charge in [0.05, 0.1) is 34.2 Å². The molecule has 4 aromatic rings. The molecule has 46 heavy (non-hydrogen) atoms. The second-order valence-corrected chi connectivity index (χ2v) is 13.1. The van der Waals surface area contributed by atoms with Crippen LogP contribution in [0.5, 0.6) is 5.75 Å². The monoisotopic (exact) mass is 710 g/mol. The van der Waals surface area contributed by atoms with E-state index in [1.807, 2.05) is 0 Å². The number of ether oxygens (including phenoxy) is 1. The van der Waals surface area contributed by atoms with Crippen molar-refractivity contribution in [2.24, 2.45) is 0 Å². The molecule has 0 spiro atoms. The summed E-state index contributed by atoms with van der Waals surface area (Å²) in [6, 6.07) is 8.42. The molecule has 13 nitrogen and oxygen atoms in total. The number of hydrogen-bond donors (Lipinski definition) is 4. The van der Waals surface area contributed by atoms with Crippen molar-refractivity contribution in [1.29, 1.82) is 0 Å². The number of benzene rings is 2. The Morgan fingerprint density at radius 2 is 1.78 bits per heavy atom. The fraction of sp³-hybridized carbons (Fsp3) is 0.419. The standard InChI is InChI=1S/C31H39BrN10O3S/c1-4-20-17-25(27(45-3)18-26(20)42-11-7-21(8-12-42)41-15-13-40(2)14-16-41)37-31-35-19-22(32)30(38-31)36-24-6-5-23-28(34-10-9-33-23)29(24)39-46(43)44/h5-6,9-10,17-19,21,39H,4,7-8,11-16H2,1-3H3,(H,43,44)(H2,35,36,37,38). The number of piperazine rings is 1. The number of piperidine rings is 1. The molecule has 15 heteroatoms. The number of aryl methyl sites for hydroxylation is 1. The van der Waals surface area contributed by atoms with Gasteiger partial charge in [0.25, 0.3) is 11.3 Å². The maximum absolute atomic E-state index is 11.7. The van der Waals surface area contributed by atoms with Crippen LogP contribution in [-0.4, -0.2) is 98.0 Å². The third-order valence-electron chi connectivity index (χ3n) is 8.71. The number of methoxy groups -OCH3 is 1. The van der Waals surface area contributed by atoms with E-state index in [4.69, 9.17) is 9.72 Å².